The fourth-order valence-corrected chi connectivity index (χ4v) is 2.88. The minimum absolute atomic E-state index is 0.00449. The van der Waals surface area contributed by atoms with Gasteiger partial charge in [0.1, 0.15) is 6.54 Å². The van der Waals surface area contributed by atoms with E-state index in [0.717, 1.165) is 12.4 Å². The maximum Gasteiger partial charge on any atom is 0.489 e. The lowest BCUT2D eigenvalue weighted by Gasteiger charge is -2.12. The van der Waals surface area contributed by atoms with E-state index in [4.69, 9.17) is 0 Å². The molecule has 2 heterocycles. The summed E-state index contributed by atoms with van der Waals surface area (Å²) in [6.07, 6.45) is -7.02. The maximum absolute atomic E-state index is 13.1. The van der Waals surface area contributed by atoms with E-state index in [1.165, 1.54) is 31.2 Å². The molecule has 0 spiro atoms. The van der Waals surface area contributed by atoms with Crippen molar-refractivity contribution in [2.24, 2.45) is 0 Å². The van der Waals surface area contributed by atoms with Crippen LogP contribution in [-0.4, -0.2) is 26.4 Å². The van der Waals surface area contributed by atoms with Crippen LogP contribution in [-0.2, 0) is 19.4 Å². The molecule has 0 aliphatic heterocycles. The minimum atomic E-state index is -4.54. The molecule has 0 saturated carbocycles. The predicted molar refractivity (Wildman–Crippen MR) is 87.4 cm³/mol. The largest absolute Gasteiger partial charge is 0.489 e. The first-order chi connectivity index (χ1) is 12.9. The Kier molecular flexibility index (Phi) is 4.86. The molecule has 28 heavy (non-hydrogen) atoms. The highest BCUT2D eigenvalue weighted by atomic mass is 19.4. The van der Waals surface area contributed by atoms with Gasteiger partial charge in [0, 0.05) is 23.8 Å². The third-order valence-corrected chi connectivity index (χ3v) is 3.99. The van der Waals surface area contributed by atoms with Gasteiger partial charge in [0.25, 0.3) is 5.91 Å². The zero-order valence-corrected chi connectivity index (χ0v) is 14.4. The number of nitrogens with zero attached hydrogens (tertiary/aromatic N) is 3. The number of alkyl halides is 6. The second kappa shape index (κ2) is 6.88. The number of rotatable bonds is 4. The van der Waals surface area contributed by atoms with Gasteiger partial charge in [0.2, 0.25) is 0 Å². The molecular weight excluding hydrogens is 390 g/mol. The molecule has 0 saturated heterocycles. The van der Waals surface area contributed by atoms with E-state index in [1.54, 1.807) is 0 Å². The highest BCUT2D eigenvalue weighted by molar-refractivity contribution is 5.93. The van der Waals surface area contributed by atoms with Crippen LogP contribution in [0.25, 0.3) is 10.9 Å². The highest BCUT2D eigenvalue weighted by Crippen LogP contribution is 2.31. The smallest absolute Gasteiger partial charge is 0.348 e. The second-order valence-corrected chi connectivity index (χ2v) is 6.21. The van der Waals surface area contributed by atoms with Gasteiger partial charge >= 0.3 is 12.5 Å². The molecule has 3 rings (SSSR count). The second-order valence-electron chi connectivity index (χ2n) is 6.21. The number of fused-ring (bicyclic) bond motifs is 1. The van der Waals surface area contributed by atoms with Gasteiger partial charge in [-0.1, -0.05) is 6.07 Å². The molecule has 0 atom stereocenters. The van der Waals surface area contributed by atoms with Crippen LogP contribution >= 0.6 is 0 Å². The van der Waals surface area contributed by atoms with E-state index in [0.29, 0.717) is 15.6 Å². The van der Waals surface area contributed by atoms with Crippen LogP contribution < -0.4 is 5.32 Å². The number of hydrogen-bond donors (Lipinski definition) is 1. The molecule has 11 heteroatoms. The molecule has 0 radical (unpaired) electrons. The van der Waals surface area contributed by atoms with Crippen LogP contribution in [0.2, 0.25) is 0 Å². The summed E-state index contributed by atoms with van der Waals surface area (Å²) in [5.41, 5.74) is 0.515. The Morgan fingerprint density at radius 2 is 1.86 bits per heavy atom. The lowest BCUT2D eigenvalue weighted by molar-refractivity contribution is -0.201. The van der Waals surface area contributed by atoms with Crippen molar-refractivity contribution in [1.82, 2.24) is 19.7 Å². The topological polar surface area (TPSA) is 51.9 Å². The summed E-state index contributed by atoms with van der Waals surface area (Å²) >= 11 is 0. The monoisotopic (exact) mass is 404 g/mol. The van der Waals surface area contributed by atoms with Gasteiger partial charge in [-0.2, -0.15) is 18.3 Å². The molecular formula is C17H14F6N4O. The Morgan fingerprint density at radius 3 is 2.50 bits per heavy atom. The van der Waals surface area contributed by atoms with E-state index in [-0.39, 0.29) is 27.9 Å². The number of carbonyl (C=O) groups is 1. The molecule has 2 aromatic heterocycles. The van der Waals surface area contributed by atoms with Crippen LogP contribution in [0.15, 0.2) is 36.7 Å². The molecule has 0 fully saturated rings. The quantitative estimate of drug-likeness (QED) is 0.666. The molecule has 1 N–H and O–H groups in total. The van der Waals surface area contributed by atoms with E-state index in [2.05, 4.69) is 10.4 Å². The molecule has 0 bridgehead atoms. The number of carbonyl (C=O) groups excluding carboxylic acids is 1. The Hall–Kier alpha value is -2.98. The zero-order chi connectivity index (χ0) is 20.7. The fraction of sp³-hybridized carbons (Fsp3) is 0.294. The highest BCUT2D eigenvalue weighted by Gasteiger charge is 2.33. The molecule has 1 aromatic carbocycles. The van der Waals surface area contributed by atoms with E-state index in [1.807, 2.05) is 0 Å². The average molecular weight is 404 g/mol. The van der Waals surface area contributed by atoms with Crippen LogP contribution in [0.5, 0.6) is 0 Å². The summed E-state index contributed by atoms with van der Waals surface area (Å²) in [5.74, 6) is -0.641. The Labute approximate surface area is 154 Å². The maximum atomic E-state index is 13.1. The Bertz CT molecular complexity index is 1010. The zero-order valence-electron chi connectivity index (χ0n) is 14.4. The van der Waals surface area contributed by atoms with Crippen molar-refractivity contribution < 1.29 is 31.1 Å². The number of aryl methyl sites for hydroxylation is 1. The number of aromatic nitrogens is 3. The van der Waals surface area contributed by atoms with Gasteiger partial charge in [-0.25, -0.2) is 0 Å². The molecule has 0 aliphatic carbocycles. The molecule has 5 nitrogen and oxygen atoms in total. The predicted octanol–water partition coefficient (Wildman–Crippen LogP) is 4.11. The summed E-state index contributed by atoms with van der Waals surface area (Å²) in [7, 11) is 0. The summed E-state index contributed by atoms with van der Waals surface area (Å²) in [4.78, 5) is 12.1. The van der Waals surface area contributed by atoms with Crippen LogP contribution in [0.3, 0.4) is 0 Å². The lowest BCUT2D eigenvalue weighted by atomic mass is 10.1. The van der Waals surface area contributed by atoms with Gasteiger partial charge in [-0.3, -0.25) is 14.0 Å². The molecule has 150 valence electrons. The first kappa shape index (κ1) is 19.8. The SMILES string of the molecule is Cc1cc2cc(CNC(=O)c3cnn(CC(F)(F)F)c3)ccc2n1C(F)(F)F. The van der Waals surface area contributed by atoms with Crippen molar-refractivity contribution in [3.63, 3.8) is 0 Å². The van der Waals surface area contributed by atoms with Crippen molar-refractivity contribution >= 4 is 16.8 Å². The number of nitrogens with one attached hydrogen (secondary N) is 1. The molecule has 0 unspecified atom stereocenters. The van der Waals surface area contributed by atoms with Crippen molar-refractivity contribution in [2.75, 3.05) is 0 Å². The number of amides is 1. The van der Waals surface area contributed by atoms with E-state index in [9.17, 15) is 31.1 Å². The third kappa shape index (κ3) is 4.29. The number of hydrogen-bond acceptors (Lipinski definition) is 2. The van der Waals surface area contributed by atoms with Crippen LogP contribution in [0, 0.1) is 6.92 Å². The summed E-state index contributed by atoms with van der Waals surface area (Å²) in [6, 6.07) is 5.64. The van der Waals surface area contributed by atoms with E-state index >= 15 is 0 Å². The summed E-state index contributed by atoms with van der Waals surface area (Å²) in [6.45, 7) is 0.0233. The first-order valence-corrected chi connectivity index (χ1v) is 7.99. The third-order valence-electron chi connectivity index (χ3n) is 3.99. The fourth-order valence-electron chi connectivity index (χ4n) is 2.88. The summed E-state index contributed by atoms with van der Waals surface area (Å²) in [5, 5.41) is 6.35. The molecule has 0 aliphatic rings. The van der Waals surface area contributed by atoms with Crippen molar-refractivity contribution in [1.29, 1.82) is 0 Å². The molecule has 3 aromatic rings. The van der Waals surface area contributed by atoms with Gasteiger partial charge in [0.15, 0.2) is 0 Å². The minimum Gasteiger partial charge on any atom is -0.348 e. The first-order valence-electron chi connectivity index (χ1n) is 7.99. The van der Waals surface area contributed by atoms with Gasteiger partial charge in [-0.05, 0) is 30.7 Å². The summed E-state index contributed by atoms with van der Waals surface area (Å²) < 4.78 is 77.1. The van der Waals surface area contributed by atoms with Crippen LogP contribution in [0.4, 0.5) is 26.3 Å². The Balaban J connectivity index is 1.71. The number of halogens is 6. The normalized spacial score (nSPS) is 12.5. The van der Waals surface area contributed by atoms with Crippen molar-refractivity contribution in [3.8, 4) is 0 Å². The van der Waals surface area contributed by atoms with Crippen LogP contribution in [0.1, 0.15) is 21.6 Å². The number of benzene rings is 1. The molecule has 1 amide bonds. The van der Waals surface area contributed by atoms with Gasteiger partial charge in [0.05, 0.1) is 17.3 Å². The average Bonchev–Trinajstić information content (AvgIpc) is 3.13. The van der Waals surface area contributed by atoms with E-state index < -0.39 is 24.9 Å². The van der Waals surface area contributed by atoms with Gasteiger partial charge < -0.3 is 5.32 Å². The standard InChI is InChI=1S/C17H14F6N4O/c1-10-4-12-5-11(2-3-14(12)27(10)17(21,22)23)6-24-15(28)13-7-25-26(8-13)9-16(18,19)20/h2-5,7-8H,6,9H2,1H3,(H,24,28). The Morgan fingerprint density at radius 1 is 1.14 bits per heavy atom. The van der Waals surface area contributed by atoms with Crippen molar-refractivity contribution in [3.05, 3.63) is 53.5 Å². The lowest BCUT2D eigenvalue weighted by Crippen LogP contribution is -2.22. The van der Waals surface area contributed by atoms with Crippen molar-refractivity contribution in [2.45, 2.75) is 32.5 Å². The van der Waals surface area contributed by atoms with Gasteiger partial charge in [-0.15, -0.1) is 13.2 Å².